The van der Waals surface area contributed by atoms with Crippen molar-refractivity contribution in [2.75, 3.05) is 10.6 Å². The van der Waals surface area contributed by atoms with Crippen LogP contribution in [-0.2, 0) is 17.6 Å². The summed E-state index contributed by atoms with van der Waals surface area (Å²) in [5.74, 6) is -0.630. The molecule has 0 aromatic heterocycles. The van der Waals surface area contributed by atoms with E-state index in [0.717, 1.165) is 29.7 Å². The Balaban J connectivity index is 2.23. The summed E-state index contributed by atoms with van der Waals surface area (Å²) in [5, 5.41) is 24.7. The number of nitrogens with one attached hydrogen (secondary N) is 2. The number of rotatable bonds is 6. The van der Waals surface area contributed by atoms with Crippen LogP contribution in [-0.4, -0.2) is 11.0 Å². The average molecular weight is 335 g/mol. The molecule has 2 aromatic carbocycles. The van der Waals surface area contributed by atoms with Crippen molar-refractivity contribution < 1.29 is 9.90 Å². The van der Waals surface area contributed by atoms with Gasteiger partial charge < -0.3 is 15.7 Å². The van der Waals surface area contributed by atoms with E-state index in [-0.39, 0.29) is 17.0 Å². The fourth-order valence-electron chi connectivity index (χ4n) is 2.49. The monoisotopic (exact) mass is 335 g/mol. The van der Waals surface area contributed by atoms with Crippen molar-refractivity contribution in [2.24, 2.45) is 0 Å². The van der Waals surface area contributed by atoms with E-state index in [1.807, 2.05) is 24.3 Å². The largest absolute Gasteiger partial charge is 0.506 e. The number of carbonyl (C=O) groups excluding carboxylic acids is 1. The smallest absolute Gasteiger partial charge is 0.267 e. The second-order valence-corrected chi connectivity index (χ2v) is 5.44. The van der Waals surface area contributed by atoms with Crippen LogP contribution in [0.1, 0.15) is 25.0 Å². The lowest BCUT2D eigenvalue weighted by Gasteiger charge is -2.13. The summed E-state index contributed by atoms with van der Waals surface area (Å²) in [4.78, 5) is 12.3. The van der Waals surface area contributed by atoms with Gasteiger partial charge in [0.2, 0.25) is 0 Å². The lowest BCUT2D eigenvalue weighted by Crippen LogP contribution is -2.15. The van der Waals surface area contributed by atoms with Crippen molar-refractivity contribution in [1.29, 1.82) is 5.26 Å². The van der Waals surface area contributed by atoms with Gasteiger partial charge in [-0.3, -0.25) is 4.79 Å². The highest BCUT2D eigenvalue weighted by Crippen LogP contribution is 2.24. The van der Waals surface area contributed by atoms with E-state index in [1.165, 1.54) is 12.3 Å². The number of anilines is 2. The van der Waals surface area contributed by atoms with Crippen LogP contribution in [0.25, 0.3) is 0 Å². The van der Waals surface area contributed by atoms with Crippen LogP contribution >= 0.6 is 0 Å². The highest BCUT2D eigenvalue weighted by atomic mass is 16.3. The van der Waals surface area contributed by atoms with Crippen molar-refractivity contribution in [3.05, 3.63) is 65.4 Å². The summed E-state index contributed by atoms with van der Waals surface area (Å²) in [7, 11) is 0. The molecule has 0 saturated heterocycles. The number of aromatic hydroxyl groups is 1. The van der Waals surface area contributed by atoms with Gasteiger partial charge in [0, 0.05) is 11.9 Å². The van der Waals surface area contributed by atoms with Crippen molar-refractivity contribution in [3.8, 4) is 11.8 Å². The maximum atomic E-state index is 12.3. The molecule has 0 spiro atoms. The molecule has 5 heteroatoms. The first-order valence-electron chi connectivity index (χ1n) is 8.17. The number of hydrogen-bond acceptors (Lipinski definition) is 4. The van der Waals surface area contributed by atoms with Crippen LogP contribution in [0.5, 0.6) is 5.75 Å². The fourth-order valence-corrected chi connectivity index (χ4v) is 2.49. The Morgan fingerprint density at radius 3 is 2.32 bits per heavy atom. The summed E-state index contributed by atoms with van der Waals surface area (Å²) in [6, 6.07) is 14.3. The molecule has 0 aliphatic heterocycles. The van der Waals surface area contributed by atoms with Gasteiger partial charge in [-0.05, 0) is 36.1 Å². The molecule has 3 N–H and O–H groups in total. The molecule has 0 unspecified atom stereocenters. The number of phenolic OH excluding ortho intramolecular Hbond substituents is 1. The molecule has 2 aromatic rings. The minimum atomic E-state index is -0.580. The first kappa shape index (κ1) is 18.1. The van der Waals surface area contributed by atoms with Gasteiger partial charge in [-0.25, -0.2) is 0 Å². The Morgan fingerprint density at radius 1 is 1.12 bits per heavy atom. The van der Waals surface area contributed by atoms with Gasteiger partial charge in [0.05, 0.1) is 5.69 Å². The Hall–Kier alpha value is -3.26. The third kappa shape index (κ3) is 4.39. The summed E-state index contributed by atoms with van der Waals surface area (Å²) in [6.45, 7) is 4.11. The van der Waals surface area contributed by atoms with E-state index >= 15 is 0 Å². The zero-order chi connectivity index (χ0) is 18.2. The van der Waals surface area contributed by atoms with E-state index in [0.29, 0.717) is 0 Å². The number of hydrogen-bond donors (Lipinski definition) is 3. The van der Waals surface area contributed by atoms with E-state index in [4.69, 9.17) is 0 Å². The van der Waals surface area contributed by atoms with E-state index in [9.17, 15) is 15.2 Å². The van der Waals surface area contributed by atoms with Crippen LogP contribution in [0.3, 0.4) is 0 Å². The van der Waals surface area contributed by atoms with Gasteiger partial charge in [0.15, 0.2) is 0 Å². The Morgan fingerprint density at radius 2 is 1.76 bits per heavy atom. The molecule has 1 amide bonds. The van der Waals surface area contributed by atoms with Gasteiger partial charge in [-0.15, -0.1) is 0 Å². The summed E-state index contributed by atoms with van der Waals surface area (Å²) in [5.41, 5.74) is 3.35. The molecule has 0 bridgehead atoms. The minimum Gasteiger partial charge on any atom is -0.506 e. The molecular weight excluding hydrogens is 314 g/mol. The van der Waals surface area contributed by atoms with Crippen LogP contribution < -0.4 is 10.6 Å². The molecular formula is C20H21N3O2. The van der Waals surface area contributed by atoms with E-state index < -0.39 is 5.91 Å². The molecule has 128 valence electrons. The molecule has 0 radical (unpaired) electrons. The molecule has 0 aliphatic carbocycles. The summed E-state index contributed by atoms with van der Waals surface area (Å²) >= 11 is 0. The third-order valence-electron chi connectivity index (χ3n) is 3.88. The second-order valence-electron chi connectivity index (χ2n) is 5.44. The fraction of sp³-hybridized carbons (Fsp3) is 0.200. The van der Waals surface area contributed by atoms with Crippen molar-refractivity contribution in [1.82, 2.24) is 0 Å². The first-order chi connectivity index (χ1) is 12.1. The van der Waals surface area contributed by atoms with Crippen molar-refractivity contribution in [2.45, 2.75) is 26.7 Å². The maximum absolute atomic E-state index is 12.3. The van der Waals surface area contributed by atoms with Gasteiger partial charge in [-0.1, -0.05) is 44.2 Å². The number of nitrogens with zero attached hydrogens (tertiary/aromatic N) is 1. The van der Waals surface area contributed by atoms with Gasteiger partial charge in [0.25, 0.3) is 5.91 Å². The number of phenols is 1. The van der Waals surface area contributed by atoms with Gasteiger partial charge in [-0.2, -0.15) is 5.26 Å². The zero-order valence-electron chi connectivity index (χ0n) is 14.3. The summed E-state index contributed by atoms with van der Waals surface area (Å²) in [6.07, 6.45) is 3.09. The highest BCUT2D eigenvalue weighted by molar-refractivity contribution is 6.07. The average Bonchev–Trinajstić information content (AvgIpc) is 2.64. The van der Waals surface area contributed by atoms with Crippen molar-refractivity contribution >= 4 is 17.3 Å². The van der Waals surface area contributed by atoms with Gasteiger partial charge >= 0.3 is 0 Å². The molecule has 0 heterocycles. The Kier molecular flexibility index (Phi) is 6.19. The minimum absolute atomic E-state index is 0.0503. The predicted octanol–water partition coefficient (Wildman–Crippen LogP) is 3.98. The number of aryl methyl sites for hydroxylation is 2. The maximum Gasteiger partial charge on any atom is 0.267 e. The first-order valence-corrected chi connectivity index (χ1v) is 8.17. The van der Waals surface area contributed by atoms with Crippen LogP contribution in [0.2, 0.25) is 0 Å². The lowest BCUT2D eigenvalue weighted by atomic mass is 10.0. The second kappa shape index (κ2) is 8.55. The molecule has 0 atom stereocenters. The molecule has 0 aliphatic rings. The normalized spacial score (nSPS) is 10.8. The predicted molar refractivity (Wildman–Crippen MR) is 99.3 cm³/mol. The molecule has 2 rings (SSSR count). The van der Waals surface area contributed by atoms with Crippen LogP contribution in [0.15, 0.2) is 54.2 Å². The number of nitriles is 1. The van der Waals surface area contributed by atoms with Gasteiger partial charge in [0.1, 0.15) is 17.4 Å². The highest BCUT2D eigenvalue weighted by Gasteiger charge is 2.12. The van der Waals surface area contributed by atoms with Crippen LogP contribution in [0.4, 0.5) is 11.4 Å². The SMILES string of the molecule is CCc1cccc(CC)c1N/C=C(/C#N)C(=O)Nc1ccccc1O. The molecule has 25 heavy (non-hydrogen) atoms. The third-order valence-corrected chi connectivity index (χ3v) is 3.88. The number of carbonyl (C=O) groups is 1. The zero-order valence-corrected chi connectivity index (χ0v) is 14.3. The quantitative estimate of drug-likeness (QED) is 0.423. The van der Waals surface area contributed by atoms with E-state index in [1.54, 1.807) is 18.2 Å². The topological polar surface area (TPSA) is 85.2 Å². The van der Waals surface area contributed by atoms with Crippen molar-refractivity contribution in [3.63, 3.8) is 0 Å². The number of benzene rings is 2. The number of amides is 1. The molecule has 0 fully saturated rings. The van der Waals surface area contributed by atoms with Crippen LogP contribution in [0, 0.1) is 11.3 Å². The summed E-state index contributed by atoms with van der Waals surface area (Å²) < 4.78 is 0. The molecule has 5 nitrogen and oxygen atoms in total. The number of para-hydroxylation sites is 3. The van der Waals surface area contributed by atoms with E-state index in [2.05, 4.69) is 24.5 Å². The molecule has 0 saturated carbocycles. The standard InChI is InChI=1S/C20H21N3O2/c1-3-14-8-7-9-15(4-2)19(14)22-13-16(12-21)20(25)23-17-10-5-6-11-18(17)24/h5-11,13,22,24H,3-4H2,1-2H3,(H,23,25)/b16-13-. The Labute approximate surface area is 147 Å². The lowest BCUT2D eigenvalue weighted by molar-refractivity contribution is -0.112. The Bertz CT molecular complexity index is 813.